The Bertz CT molecular complexity index is 804. The summed E-state index contributed by atoms with van der Waals surface area (Å²) in [5, 5.41) is 2.77. The molecule has 0 unspecified atom stereocenters. The number of hydrogen-bond acceptors (Lipinski definition) is 7. The van der Waals surface area contributed by atoms with Gasteiger partial charge in [-0.1, -0.05) is 0 Å². The monoisotopic (exact) mass is 425 g/mol. The first-order chi connectivity index (χ1) is 13.5. The molecule has 10 heteroatoms. The highest BCUT2D eigenvalue weighted by Crippen LogP contribution is 2.38. The zero-order valence-electron chi connectivity index (χ0n) is 16.1. The second kappa shape index (κ2) is 11.6. The number of carbonyl (C=O) groups excluding carboxylic acids is 2. The minimum atomic E-state index is -0.648. The molecule has 0 saturated heterocycles. The average molecular weight is 426 g/mol. The molecule has 2 aromatic carbocycles. The van der Waals surface area contributed by atoms with Crippen LogP contribution in [0.15, 0.2) is 36.4 Å². The van der Waals surface area contributed by atoms with Crippen molar-refractivity contribution in [3.05, 3.63) is 42.0 Å². The maximum absolute atomic E-state index is 12.6. The van der Waals surface area contributed by atoms with Crippen LogP contribution in [0.1, 0.15) is 10.4 Å². The molecule has 0 aliphatic rings. The fraction of sp³-hybridized carbons (Fsp3) is 0.263. The Labute approximate surface area is 174 Å². The van der Waals surface area contributed by atoms with Crippen LogP contribution in [0.5, 0.6) is 23.0 Å². The van der Waals surface area contributed by atoms with Gasteiger partial charge >= 0.3 is 0 Å². The van der Waals surface area contributed by atoms with Crippen LogP contribution >= 0.6 is 12.4 Å². The van der Waals surface area contributed by atoms with Gasteiger partial charge in [-0.15, -0.1) is 12.4 Å². The molecular formula is C19H24ClN3O6. The lowest BCUT2D eigenvalue weighted by Crippen LogP contribution is -2.20. The molecule has 0 saturated carbocycles. The van der Waals surface area contributed by atoms with Crippen molar-refractivity contribution < 1.29 is 28.5 Å². The highest BCUT2D eigenvalue weighted by molar-refractivity contribution is 6.05. The lowest BCUT2D eigenvalue weighted by atomic mass is 10.1. The summed E-state index contributed by atoms with van der Waals surface area (Å²) < 4.78 is 21.2. The second-order valence-electron chi connectivity index (χ2n) is 5.58. The number of nitrogens with two attached hydrogens (primary N) is 2. The fourth-order valence-electron chi connectivity index (χ4n) is 2.31. The number of ether oxygens (including phenoxy) is 4. The third kappa shape index (κ3) is 6.74. The smallest absolute Gasteiger partial charge is 0.255 e. The van der Waals surface area contributed by atoms with E-state index in [0.29, 0.717) is 24.6 Å². The lowest BCUT2D eigenvalue weighted by Gasteiger charge is -2.15. The standard InChI is InChI=1S/C19H23N3O6.ClH/c1-25-15-9-12(10-16(26-2)18(15)28-11-17(21)23)19(24)22-13-3-5-14(6-4-13)27-8-7-20;/h3-6,9-10H,7-8,11,20H2,1-2H3,(H2,21,23)(H,22,24);1H. The van der Waals surface area contributed by atoms with Crippen molar-refractivity contribution in [1.82, 2.24) is 0 Å². The highest BCUT2D eigenvalue weighted by atomic mass is 35.5. The molecule has 2 rings (SSSR count). The summed E-state index contributed by atoms with van der Waals surface area (Å²) in [6, 6.07) is 9.84. The molecule has 0 fully saturated rings. The van der Waals surface area contributed by atoms with E-state index in [1.165, 1.54) is 26.4 Å². The summed E-state index contributed by atoms with van der Waals surface area (Å²) >= 11 is 0. The van der Waals surface area contributed by atoms with Gasteiger partial charge in [0.15, 0.2) is 18.1 Å². The highest BCUT2D eigenvalue weighted by Gasteiger charge is 2.18. The predicted molar refractivity (Wildman–Crippen MR) is 110 cm³/mol. The number of hydrogen-bond donors (Lipinski definition) is 3. The van der Waals surface area contributed by atoms with Crippen molar-refractivity contribution in [3.8, 4) is 23.0 Å². The molecule has 0 aliphatic heterocycles. The van der Waals surface area contributed by atoms with E-state index in [1.807, 2.05) is 0 Å². The Morgan fingerprint density at radius 2 is 1.59 bits per heavy atom. The van der Waals surface area contributed by atoms with Gasteiger partial charge in [0.05, 0.1) is 14.2 Å². The van der Waals surface area contributed by atoms with Crippen LogP contribution in [0, 0.1) is 0 Å². The summed E-state index contributed by atoms with van der Waals surface area (Å²) in [5.74, 6) is 0.274. The van der Waals surface area contributed by atoms with E-state index in [0.717, 1.165) is 0 Å². The van der Waals surface area contributed by atoms with Crippen LogP contribution in [-0.2, 0) is 4.79 Å². The molecule has 0 bridgehead atoms. The molecule has 9 nitrogen and oxygen atoms in total. The number of nitrogens with one attached hydrogen (secondary N) is 1. The van der Waals surface area contributed by atoms with E-state index >= 15 is 0 Å². The van der Waals surface area contributed by atoms with Gasteiger partial charge < -0.3 is 35.7 Å². The zero-order chi connectivity index (χ0) is 20.5. The Morgan fingerprint density at radius 3 is 2.07 bits per heavy atom. The molecule has 5 N–H and O–H groups in total. The topological polar surface area (TPSA) is 135 Å². The summed E-state index contributed by atoms with van der Waals surface area (Å²) in [5.41, 5.74) is 11.4. The van der Waals surface area contributed by atoms with Crippen LogP contribution < -0.4 is 35.7 Å². The Kier molecular flexibility index (Phi) is 9.57. The molecule has 0 heterocycles. The lowest BCUT2D eigenvalue weighted by molar-refractivity contribution is -0.120. The molecule has 2 aromatic rings. The van der Waals surface area contributed by atoms with Crippen molar-refractivity contribution in [2.24, 2.45) is 11.5 Å². The molecule has 0 aliphatic carbocycles. The number of methoxy groups -OCH3 is 2. The predicted octanol–water partition coefficient (Wildman–Crippen LogP) is 1.58. The molecule has 2 amide bonds. The van der Waals surface area contributed by atoms with Gasteiger partial charge in [0, 0.05) is 17.8 Å². The van der Waals surface area contributed by atoms with E-state index in [1.54, 1.807) is 24.3 Å². The van der Waals surface area contributed by atoms with Crippen LogP contribution in [0.4, 0.5) is 5.69 Å². The Balaban J connectivity index is 0.00000420. The Morgan fingerprint density at radius 1 is 1.00 bits per heavy atom. The maximum Gasteiger partial charge on any atom is 0.255 e. The molecule has 29 heavy (non-hydrogen) atoms. The number of amides is 2. The van der Waals surface area contributed by atoms with Crippen molar-refractivity contribution in [3.63, 3.8) is 0 Å². The van der Waals surface area contributed by atoms with E-state index in [2.05, 4.69) is 5.32 Å². The van der Waals surface area contributed by atoms with Crippen molar-refractivity contribution in [2.75, 3.05) is 39.3 Å². The summed E-state index contributed by atoms with van der Waals surface area (Å²) in [6.07, 6.45) is 0. The van der Waals surface area contributed by atoms with Crippen molar-refractivity contribution in [1.29, 1.82) is 0 Å². The van der Waals surface area contributed by atoms with Gasteiger partial charge in [-0.25, -0.2) is 0 Å². The number of rotatable bonds is 10. The molecule has 0 spiro atoms. The number of primary amides is 1. The van der Waals surface area contributed by atoms with E-state index in [4.69, 9.17) is 30.4 Å². The molecule has 0 radical (unpaired) electrons. The summed E-state index contributed by atoms with van der Waals surface area (Å²) in [4.78, 5) is 23.6. The number of benzene rings is 2. The van der Waals surface area contributed by atoms with Gasteiger partial charge in [0.2, 0.25) is 5.75 Å². The van der Waals surface area contributed by atoms with Crippen molar-refractivity contribution >= 4 is 29.9 Å². The van der Waals surface area contributed by atoms with Gasteiger partial charge in [-0.3, -0.25) is 9.59 Å². The van der Waals surface area contributed by atoms with Crippen LogP contribution in [0.25, 0.3) is 0 Å². The third-order valence-corrected chi connectivity index (χ3v) is 3.58. The maximum atomic E-state index is 12.6. The first-order valence-electron chi connectivity index (χ1n) is 8.40. The van der Waals surface area contributed by atoms with Crippen LogP contribution in [0.2, 0.25) is 0 Å². The first kappa shape index (κ1) is 23.9. The van der Waals surface area contributed by atoms with Crippen LogP contribution in [0.3, 0.4) is 0 Å². The van der Waals surface area contributed by atoms with Gasteiger partial charge in [0.25, 0.3) is 11.8 Å². The van der Waals surface area contributed by atoms with E-state index in [9.17, 15) is 9.59 Å². The first-order valence-corrected chi connectivity index (χ1v) is 8.40. The normalized spacial score (nSPS) is 9.76. The quantitative estimate of drug-likeness (QED) is 0.525. The molecule has 158 valence electrons. The van der Waals surface area contributed by atoms with E-state index < -0.39 is 5.91 Å². The number of halogens is 1. The van der Waals surface area contributed by atoms with Gasteiger partial charge in [-0.2, -0.15) is 0 Å². The number of anilines is 1. The largest absolute Gasteiger partial charge is 0.493 e. The Hall–Kier alpha value is -3.17. The molecular weight excluding hydrogens is 402 g/mol. The SMILES string of the molecule is COc1cc(C(=O)Nc2ccc(OCCN)cc2)cc(OC)c1OCC(N)=O.Cl. The zero-order valence-corrected chi connectivity index (χ0v) is 16.9. The van der Waals surface area contributed by atoms with Crippen LogP contribution in [-0.4, -0.2) is 45.8 Å². The van der Waals surface area contributed by atoms with E-state index in [-0.39, 0.29) is 47.7 Å². The van der Waals surface area contributed by atoms with Crippen molar-refractivity contribution in [2.45, 2.75) is 0 Å². The summed E-state index contributed by atoms with van der Waals surface area (Å²) in [6.45, 7) is 0.480. The average Bonchev–Trinajstić information content (AvgIpc) is 2.70. The van der Waals surface area contributed by atoms with Gasteiger partial charge in [-0.05, 0) is 36.4 Å². The minimum absolute atomic E-state index is 0. The second-order valence-corrected chi connectivity index (χ2v) is 5.58. The van der Waals surface area contributed by atoms with Gasteiger partial charge in [0.1, 0.15) is 12.4 Å². The fourth-order valence-corrected chi connectivity index (χ4v) is 2.31. The summed E-state index contributed by atoms with van der Waals surface area (Å²) in [7, 11) is 2.82. The molecule has 0 aromatic heterocycles. The molecule has 0 atom stereocenters. The minimum Gasteiger partial charge on any atom is -0.493 e. The number of carbonyl (C=O) groups is 2. The third-order valence-electron chi connectivity index (χ3n) is 3.58.